The molecule has 3 atom stereocenters. The van der Waals surface area contributed by atoms with Crippen molar-refractivity contribution in [3.63, 3.8) is 0 Å². The predicted molar refractivity (Wildman–Crippen MR) is 65.1 cm³/mol. The Morgan fingerprint density at radius 2 is 2.00 bits per heavy atom. The van der Waals surface area contributed by atoms with Gasteiger partial charge in [0, 0.05) is 18.3 Å². The average molecular weight is 224 g/mol. The summed E-state index contributed by atoms with van der Waals surface area (Å²) in [5.41, 5.74) is 0. The molecular weight excluding hydrogens is 200 g/mol. The largest absolute Gasteiger partial charge is 0.300 e. The van der Waals surface area contributed by atoms with Gasteiger partial charge in [0.1, 0.15) is 11.6 Å². The highest BCUT2D eigenvalue weighted by Crippen LogP contribution is 2.36. The van der Waals surface area contributed by atoms with E-state index >= 15 is 0 Å². The molecule has 0 N–H and O–H groups in total. The van der Waals surface area contributed by atoms with E-state index in [2.05, 4.69) is 20.8 Å². The van der Waals surface area contributed by atoms with Gasteiger partial charge in [0.05, 0.1) is 0 Å². The Morgan fingerprint density at radius 1 is 1.38 bits per heavy atom. The van der Waals surface area contributed by atoms with Crippen LogP contribution in [0.2, 0.25) is 0 Å². The van der Waals surface area contributed by atoms with Gasteiger partial charge in [-0.15, -0.1) is 0 Å². The van der Waals surface area contributed by atoms with Crippen molar-refractivity contribution in [2.75, 3.05) is 0 Å². The van der Waals surface area contributed by atoms with Crippen molar-refractivity contribution in [1.29, 1.82) is 0 Å². The van der Waals surface area contributed by atoms with Crippen LogP contribution in [0, 0.1) is 23.7 Å². The Kier molecular flexibility index (Phi) is 4.69. The monoisotopic (exact) mass is 224 g/mol. The Labute approximate surface area is 98.8 Å². The molecule has 0 aliphatic heterocycles. The fourth-order valence-electron chi connectivity index (χ4n) is 2.79. The summed E-state index contributed by atoms with van der Waals surface area (Å²) in [6, 6.07) is 0. The number of carbonyl (C=O) groups excluding carboxylic acids is 2. The quantitative estimate of drug-likeness (QED) is 0.734. The molecule has 2 nitrogen and oxygen atoms in total. The molecule has 3 unspecified atom stereocenters. The van der Waals surface area contributed by atoms with Crippen LogP contribution in [0.15, 0.2) is 0 Å². The van der Waals surface area contributed by atoms with Crippen LogP contribution in [0.4, 0.5) is 0 Å². The van der Waals surface area contributed by atoms with E-state index in [0.717, 1.165) is 19.3 Å². The number of Topliss-reactive ketones (excluding diaryl/α,β-unsaturated/α-hetero) is 2. The average Bonchev–Trinajstić information content (AvgIpc) is 2.16. The SMILES string of the molecule is CC(=O)CCC1C(=O)C(C(C)C)CCC1C. The maximum atomic E-state index is 12.3. The van der Waals surface area contributed by atoms with Crippen LogP contribution in [0.3, 0.4) is 0 Å². The van der Waals surface area contributed by atoms with E-state index in [1.54, 1.807) is 6.92 Å². The minimum absolute atomic E-state index is 0.130. The molecule has 2 heteroatoms. The second kappa shape index (κ2) is 5.60. The van der Waals surface area contributed by atoms with Crippen LogP contribution in [0.5, 0.6) is 0 Å². The Balaban J connectivity index is 2.64. The van der Waals surface area contributed by atoms with Gasteiger partial charge in [-0.05, 0) is 38.0 Å². The van der Waals surface area contributed by atoms with E-state index in [1.807, 2.05) is 0 Å². The number of hydrogen-bond acceptors (Lipinski definition) is 2. The molecule has 0 spiro atoms. The van der Waals surface area contributed by atoms with Crippen molar-refractivity contribution < 1.29 is 9.59 Å². The van der Waals surface area contributed by atoms with Crippen LogP contribution in [-0.2, 0) is 9.59 Å². The first-order chi connectivity index (χ1) is 7.43. The summed E-state index contributed by atoms with van der Waals surface area (Å²) < 4.78 is 0. The highest BCUT2D eigenvalue weighted by atomic mass is 16.1. The maximum absolute atomic E-state index is 12.3. The van der Waals surface area contributed by atoms with E-state index in [-0.39, 0.29) is 17.6 Å². The third-order valence-corrected chi connectivity index (χ3v) is 3.96. The molecular formula is C14H24O2. The van der Waals surface area contributed by atoms with Crippen molar-refractivity contribution in [2.24, 2.45) is 23.7 Å². The molecule has 1 fully saturated rings. The molecule has 0 saturated heterocycles. The number of hydrogen-bond donors (Lipinski definition) is 0. The van der Waals surface area contributed by atoms with E-state index < -0.39 is 0 Å². The molecule has 1 rings (SSSR count). The predicted octanol–water partition coefficient (Wildman–Crippen LogP) is 3.24. The van der Waals surface area contributed by atoms with Crippen LogP contribution in [0.25, 0.3) is 0 Å². The minimum Gasteiger partial charge on any atom is -0.300 e. The molecule has 0 amide bonds. The molecule has 0 radical (unpaired) electrons. The number of carbonyl (C=O) groups is 2. The lowest BCUT2D eigenvalue weighted by Gasteiger charge is -2.34. The van der Waals surface area contributed by atoms with E-state index in [9.17, 15) is 9.59 Å². The van der Waals surface area contributed by atoms with Crippen molar-refractivity contribution in [3.05, 3.63) is 0 Å². The standard InChI is InChI=1S/C14H24O2/c1-9(2)12-7-5-10(3)13(14(12)16)8-6-11(4)15/h9-10,12-13H,5-8H2,1-4H3. The van der Waals surface area contributed by atoms with Gasteiger partial charge in [0.15, 0.2) is 0 Å². The van der Waals surface area contributed by atoms with Crippen molar-refractivity contribution in [1.82, 2.24) is 0 Å². The zero-order chi connectivity index (χ0) is 12.3. The van der Waals surface area contributed by atoms with Crippen molar-refractivity contribution in [2.45, 2.75) is 53.4 Å². The third-order valence-electron chi connectivity index (χ3n) is 3.96. The van der Waals surface area contributed by atoms with Gasteiger partial charge < -0.3 is 4.79 Å². The molecule has 1 aliphatic carbocycles. The maximum Gasteiger partial charge on any atom is 0.139 e. The molecule has 0 aromatic heterocycles. The first kappa shape index (κ1) is 13.4. The number of ketones is 2. The molecule has 16 heavy (non-hydrogen) atoms. The van der Waals surface area contributed by atoms with Gasteiger partial charge in [-0.3, -0.25) is 4.79 Å². The fourth-order valence-corrected chi connectivity index (χ4v) is 2.79. The summed E-state index contributed by atoms with van der Waals surface area (Å²) in [7, 11) is 0. The first-order valence-electron chi connectivity index (χ1n) is 6.46. The highest BCUT2D eigenvalue weighted by molar-refractivity contribution is 5.85. The third kappa shape index (κ3) is 3.16. The Bertz CT molecular complexity index is 268. The van der Waals surface area contributed by atoms with Crippen molar-refractivity contribution in [3.8, 4) is 0 Å². The fraction of sp³-hybridized carbons (Fsp3) is 0.857. The summed E-state index contributed by atoms with van der Waals surface area (Å²) in [4.78, 5) is 23.3. The molecule has 0 bridgehead atoms. The van der Waals surface area contributed by atoms with Gasteiger partial charge in [-0.1, -0.05) is 20.8 Å². The van der Waals surface area contributed by atoms with Gasteiger partial charge in [-0.25, -0.2) is 0 Å². The van der Waals surface area contributed by atoms with E-state index in [0.29, 0.717) is 24.0 Å². The Hall–Kier alpha value is -0.660. The lowest BCUT2D eigenvalue weighted by atomic mass is 9.69. The Morgan fingerprint density at radius 3 is 2.50 bits per heavy atom. The zero-order valence-corrected chi connectivity index (χ0v) is 11.0. The second-order valence-electron chi connectivity index (χ2n) is 5.65. The van der Waals surface area contributed by atoms with Gasteiger partial charge >= 0.3 is 0 Å². The lowest BCUT2D eigenvalue weighted by Crippen LogP contribution is -2.36. The smallest absolute Gasteiger partial charge is 0.139 e. The lowest BCUT2D eigenvalue weighted by molar-refractivity contribution is -0.133. The van der Waals surface area contributed by atoms with E-state index in [4.69, 9.17) is 0 Å². The number of rotatable bonds is 4. The molecule has 0 aromatic carbocycles. The molecule has 1 saturated carbocycles. The topological polar surface area (TPSA) is 34.1 Å². The molecule has 92 valence electrons. The van der Waals surface area contributed by atoms with Crippen LogP contribution >= 0.6 is 0 Å². The van der Waals surface area contributed by atoms with Gasteiger partial charge in [0.25, 0.3) is 0 Å². The summed E-state index contributed by atoms with van der Waals surface area (Å²) >= 11 is 0. The molecule has 1 aliphatic rings. The van der Waals surface area contributed by atoms with Gasteiger partial charge in [-0.2, -0.15) is 0 Å². The summed E-state index contributed by atoms with van der Waals surface area (Å²) in [6.07, 6.45) is 3.50. The molecule has 0 aromatic rings. The molecule has 0 heterocycles. The normalized spacial score (nSPS) is 30.8. The van der Waals surface area contributed by atoms with Crippen LogP contribution in [0.1, 0.15) is 53.4 Å². The first-order valence-corrected chi connectivity index (χ1v) is 6.46. The summed E-state index contributed by atoms with van der Waals surface area (Å²) in [5, 5.41) is 0. The highest BCUT2D eigenvalue weighted by Gasteiger charge is 2.36. The summed E-state index contributed by atoms with van der Waals surface area (Å²) in [6.45, 7) is 8.01. The van der Waals surface area contributed by atoms with Crippen LogP contribution in [-0.4, -0.2) is 11.6 Å². The van der Waals surface area contributed by atoms with Gasteiger partial charge in [0.2, 0.25) is 0 Å². The van der Waals surface area contributed by atoms with Crippen molar-refractivity contribution >= 4 is 11.6 Å². The summed E-state index contributed by atoms with van der Waals surface area (Å²) in [5.74, 6) is 1.88. The minimum atomic E-state index is 0.130. The second-order valence-corrected chi connectivity index (χ2v) is 5.65. The van der Waals surface area contributed by atoms with Crippen LogP contribution < -0.4 is 0 Å². The van der Waals surface area contributed by atoms with E-state index in [1.165, 1.54) is 0 Å². The zero-order valence-electron chi connectivity index (χ0n) is 11.0.